The second-order valence-electron chi connectivity index (χ2n) is 7.89. The smallest absolute Gasteiger partial charge is 0.410 e. The zero-order chi connectivity index (χ0) is 16.6. The van der Waals surface area contributed by atoms with Gasteiger partial charge in [-0.25, -0.2) is 4.79 Å². The molecule has 0 saturated carbocycles. The highest BCUT2D eigenvalue weighted by Gasteiger charge is 2.45. The van der Waals surface area contributed by atoms with E-state index in [-0.39, 0.29) is 24.1 Å². The fourth-order valence-electron chi connectivity index (χ4n) is 3.89. The van der Waals surface area contributed by atoms with Gasteiger partial charge in [-0.3, -0.25) is 4.79 Å². The van der Waals surface area contributed by atoms with Crippen LogP contribution in [0.5, 0.6) is 0 Å². The molecule has 0 aliphatic carbocycles. The van der Waals surface area contributed by atoms with Gasteiger partial charge in [-0.2, -0.15) is 0 Å². The number of carbonyl (C=O) groups excluding carboxylic acids is 2. The van der Waals surface area contributed by atoms with Crippen molar-refractivity contribution in [3.8, 4) is 0 Å². The topological polar surface area (TPSA) is 59.1 Å². The van der Waals surface area contributed by atoms with Crippen LogP contribution in [0, 0.1) is 5.92 Å². The van der Waals surface area contributed by atoms with E-state index >= 15 is 0 Å². The summed E-state index contributed by atoms with van der Waals surface area (Å²) in [5, 5.41) is 0. The van der Waals surface area contributed by atoms with E-state index in [2.05, 4.69) is 0 Å². The minimum absolute atomic E-state index is 0.114. The lowest BCUT2D eigenvalue weighted by Crippen LogP contribution is -2.51. The minimum Gasteiger partial charge on any atom is -0.444 e. The van der Waals surface area contributed by atoms with E-state index in [0.29, 0.717) is 25.6 Å². The fraction of sp³-hybridized carbons (Fsp3) is 0.882. The van der Waals surface area contributed by atoms with Gasteiger partial charge in [0.2, 0.25) is 0 Å². The molecular formula is C17H28N2O4. The molecule has 3 heterocycles. The summed E-state index contributed by atoms with van der Waals surface area (Å²) < 4.78 is 11.0. The second kappa shape index (κ2) is 6.30. The number of amides is 2. The lowest BCUT2D eigenvalue weighted by atomic mass is 9.91. The second-order valence-corrected chi connectivity index (χ2v) is 7.89. The van der Waals surface area contributed by atoms with Crippen LogP contribution >= 0.6 is 0 Å². The SMILES string of the molecule is CC(C)(C)OC(=O)N1C[C@H]2CCCN(C(=O)[C@H]3CCCO3)[C@H]2C1. The molecule has 6 nitrogen and oxygen atoms in total. The third-order valence-corrected chi connectivity index (χ3v) is 4.92. The summed E-state index contributed by atoms with van der Waals surface area (Å²) in [5.74, 6) is 0.477. The first-order chi connectivity index (χ1) is 10.8. The van der Waals surface area contributed by atoms with E-state index < -0.39 is 5.60 Å². The average molecular weight is 324 g/mol. The number of ether oxygens (including phenoxy) is 2. The van der Waals surface area contributed by atoms with Gasteiger partial charge in [-0.1, -0.05) is 0 Å². The van der Waals surface area contributed by atoms with Crippen molar-refractivity contribution in [2.24, 2.45) is 5.92 Å². The Hall–Kier alpha value is -1.30. The quantitative estimate of drug-likeness (QED) is 0.740. The number of rotatable bonds is 1. The summed E-state index contributed by atoms with van der Waals surface area (Å²) in [6, 6.07) is 0.118. The molecule has 6 heteroatoms. The summed E-state index contributed by atoms with van der Waals surface area (Å²) in [7, 11) is 0. The van der Waals surface area contributed by atoms with Gasteiger partial charge in [0.05, 0.1) is 6.04 Å². The fourth-order valence-corrected chi connectivity index (χ4v) is 3.89. The van der Waals surface area contributed by atoms with E-state index in [1.54, 1.807) is 4.90 Å². The van der Waals surface area contributed by atoms with Crippen molar-refractivity contribution in [2.45, 2.75) is 64.2 Å². The number of nitrogens with zero attached hydrogens (tertiary/aromatic N) is 2. The summed E-state index contributed by atoms with van der Waals surface area (Å²) in [6.07, 6.45) is 3.31. The number of carbonyl (C=O) groups is 2. The van der Waals surface area contributed by atoms with Crippen LogP contribution in [0.2, 0.25) is 0 Å². The Morgan fingerprint density at radius 2 is 1.91 bits per heavy atom. The lowest BCUT2D eigenvalue weighted by molar-refractivity contribution is -0.145. The number of fused-ring (bicyclic) bond motifs is 1. The van der Waals surface area contributed by atoms with E-state index in [9.17, 15) is 9.59 Å². The van der Waals surface area contributed by atoms with Gasteiger partial charge in [0.15, 0.2) is 0 Å². The normalized spacial score (nSPS) is 31.2. The van der Waals surface area contributed by atoms with Crippen molar-refractivity contribution in [1.29, 1.82) is 0 Å². The van der Waals surface area contributed by atoms with Gasteiger partial charge >= 0.3 is 6.09 Å². The Bertz CT molecular complexity index is 468. The molecule has 23 heavy (non-hydrogen) atoms. The maximum Gasteiger partial charge on any atom is 0.410 e. The Morgan fingerprint density at radius 1 is 1.13 bits per heavy atom. The van der Waals surface area contributed by atoms with Crippen molar-refractivity contribution in [1.82, 2.24) is 9.80 Å². The van der Waals surface area contributed by atoms with Gasteiger partial charge < -0.3 is 19.3 Å². The van der Waals surface area contributed by atoms with Crippen molar-refractivity contribution in [3.63, 3.8) is 0 Å². The number of hydrogen-bond acceptors (Lipinski definition) is 4. The zero-order valence-corrected chi connectivity index (χ0v) is 14.4. The number of likely N-dealkylation sites (tertiary alicyclic amines) is 2. The van der Waals surface area contributed by atoms with Gasteiger partial charge in [-0.15, -0.1) is 0 Å². The molecule has 3 aliphatic rings. The van der Waals surface area contributed by atoms with Crippen LogP contribution in [0.3, 0.4) is 0 Å². The Labute approximate surface area is 138 Å². The molecular weight excluding hydrogens is 296 g/mol. The van der Waals surface area contributed by atoms with E-state index in [4.69, 9.17) is 9.47 Å². The van der Waals surface area contributed by atoms with Crippen LogP contribution in [0.4, 0.5) is 4.79 Å². The van der Waals surface area contributed by atoms with Crippen LogP contribution in [0.25, 0.3) is 0 Å². The van der Waals surface area contributed by atoms with Gasteiger partial charge in [0.1, 0.15) is 11.7 Å². The number of piperidine rings is 1. The number of hydrogen-bond donors (Lipinski definition) is 0. The lowest BCUT2D eigenvalue weighted by Gasteiger charge is -2.38. The molecule has 3 aliphatic heterocycles. The molecule has 3 rings (SSSR count). The molecule has 0 aromatic carbocycles. The summed E-state index contributed by atoms with van der Waals surface area (Å²) in [5.41, 5.74) is -0.488. The summed E-state index contributed by atoms with van der Waals surface area (Å²) in [4.78, 5) is 28.8. The van der Waals surface area contributed by atoms with Crippen molar-refractivity contribution < 1.29 is 19.1 Å². The van der Waals surface area contributed by atoms with Crippen LogP contribution < -0.4 is 0 Å². The van der Waals surface area contributed by atoms with Crippen molar-refractivity contribution in [2.75, 3.05) is 26.2 Å². The molecule has 3 fully saturated rings. The van der Waals surface area contributed by atoms with Crippen LogP contribution in [0.1, 0.15) is 46.5 Å². The molecule has 0 radical (unpaired) electrons. The van der Waals surface area contributed by atoms with Crippen molar-refractivity contribution in [3.05, 3.63) is 0 Å². The van der Waals surface area contributed by atoms with E-state index in [1.807, 2.05) is 25.7 Å². The van der Waals surface area contributed by atoms with Crippen molar-refractivity contribution >= 4 is 12.0 Å². The largest absolute Gasteiger partial charge is 0.444 e. The molecule has 0 aromatic heterocycles. The third kappa shape index (κ3) is 3.62. The molecule has 0 bridgehead atoms. The molecule has 0 aromatic rings. The first-order valence-electron chi connectivity index (χ1n) is 8.75. The standard InChI is InChI=1S/C17H28N2O4/c1-17(2,3)23-16(21)18-10-12-6-4-8-19(13(12)11-18)15(20)14-7-5-9-22-14/h12-14H,4-11H2,1-3H3/t12-,13+,14-/m1/s1. The molecule has 3 saturated heterocycles. The van der Waals surface area contributed by atoms with Gasteiger partial charge in [0, 0.05) is 26.2 Å². The van der Waals surface area contributed by atoms with E-state index in [0.717, 1.165) is 32.2 Å². The molecule has 0 unspecified atom stereocenters. The van der Waals surface area contributed by atoms with Crippen LogP contribution in [-0.4, -0.2) is 65.8 Å². The third-order valence-electron chi connectivity index (χ3n) is 4.92. The highest BCUT2D eigenvalue weighted by Crippen LogP contribution is 2.32. The zero-order valence-electron chi connectivity index (χ0n) is 14.4. The first-order valence-corrected chi connectivity index (χ1v) is 8.75. The highest BCUT2D eigenvalue weighted by atomic mass is 16.6. The maximum atomic E-state index is 12.7. The Kier molecular flexibility index (Phi) is 4.54. The Balaban J connectivity index is 1.65. The molecule has 0 N–H and O–H groups in total. The van der Waals surface area contributed by atoms with Gasteiger partial charge in [-0.05, 0) is 52.4 Å². The van der Waals surface area contributed by atoms with Crippen LogP contribution in [-0.2, 0) is 14.3 Å². The monoisotopic (exact) mass is 324 g/mol. The maximum absolute atomic E-state index is 12.7. The van der Waals surface area contributed by atoms with E-state index in [1.165, 1.54) is 0 Å². The predicted molar refractivity (Wildman–Crippen MR) is 85.0 cm³/mol. The molecule has 130 valence electrons. The minimum atomic E-state index is -0.488. The van der Waals surface area contributed by atoms with Gasteiger partial charge in [0.25, 0.3) is 5.91 Å². The predicted octanol–water partition coefficient (Wildman–Crippen LogP) is 2.02. The van der Waals surface area contributed by atoms with Crippen LogP contribution in [0.15, 0.2) is 0 Å². The summed E-state index contributed by atoms with van der Waals surface area (Å²) in [6.45, 7) is 8.36. The highest BCUT2D eigenvalue weighted by molar-refractivity contribution is 5.82. The average Bonchev–Trinajstić information content (AvgIpc) is 3.13. The molecule has 0 spiro atoms. The first kappa shape index (κ1) is 16.6. The molecule has 2 amide bonds. The Morgan fingerprint density at radius 3 is 2.57 bits per heavy atom. The summed E-state index contributed by atoms with van der Waals surface area (Å²) >= 11 is 0. The molecule has 3 atom stereocenters.